The van der Waals surface area contributed by atoms with Gasteiger partial charge >= 0.3 is 5.97 Å². The van der Waals surface area contributed by atoms with Gasteiger partial charge in [-0.1, -0.05) is 0 Å². The lowest BCUT2D eigenvalue weighted by molar-refractivity contribution is -0.143. The van der Waals surface area contributed by atoms with E-state index in [-0.39, 0.29) is 6.42 Å². The molecule has 1 aromatic heterocycles. The number of anilines is 1. The fourth-order valence-corrected chi connectivity index (χ4v) is 1.92. The molecule has 1 rings (SSSR count). The molecular formula is C14H21N5O4. The van der Waals surface area contributed by atoms with Crippen LogP contribution in [0.1, 0.15) is 30.7 Å². The molecule has 0 radical (unpaired) electrons. The summed E-state index contributed by atoms with van der Waals surface area (Å²) in [5.41, 5.74) is 6.62. The number of carbonyl (C=O) groups excluding carboxylic acids is 2. The zero-order valence-electron chi connectivity index (χ0n) is 13.1. The molecule has 0 saturated heterocycles. The Kier molecular flexibility index (Phi) is 6.91. The summed E-state index contributed by atoms with van der Waals surface area (Å²) in [6, 6.07) is 0.555. The molecule has 0 aliphatic heterocycles. The number of amides is 2. The van der Waals surface area contributed by atoms with Gasteiger partial charge < -0.3 is 21.5 Å². The van der Waals surface area contributed by atoms with Gasteiger partial charge in [-0.3, -0.25) is 9.59 Å². The number of nitrogens with two attached hydrogens (primary N) is 1. The molecule has 1 atom stereocenters. The van der Waals surface area contributed by atoms with Crippen molar-refractivity contribution in [2.75, 3.05) is 11.9 Å². The summed E-state index contributed by atoms with van der Waals surface area (Å²) in [6.07, 6.45) is 0.140. The normalized spacial score (nSPS) is 11.6. The Morgan fingerprint density at radius 1 is 1.26 bits per heavy atom. The van der Waals surface area contributed by atoms with E-state index in [1.807, 2.05) is 19.9 Å². The van der Waals surface area contributed by atoms with Gasteiger partial charge in [0.15, 0.2) is 0 Å². The predicted octanol–water partition coefficient (Wildman–Crippen LogP) is -0.270. The van der Waals surface area contributed by atoms with E-state index in [0.29, 0.717) is 18.9 Å². The Bertz CT molecular complexity index is 570. The fourth-order valence-electron chi connectivity index (χ4n) is 1.92. The molecule has 1 heterocycles. The number of nitrogens with one attached hydrogen (secondary N) is 2. The van der Waals surface area contributed by atoms with Crippen molar-refractivity contribution < 1.29 is 19.5 Å². The van der Waals surface area contributed by atoms with E-state index < -0.39 is 30.2 Å². The molecule has 0 fully saturated rings. The average molecular weight is 323 g/mol. The molecule has 126 valence electrons. The Morgan fingerprint density at radius 2 is 1.87 bits per heavy atom. The van der Waals surface area contributed by atoms with Crippen LogP contribution in [0.5, 0.6) is 0 Å². The third-order valence-corrected chi connectivity index (χ3v) is 2.88. The quantitative estimate of drug-likeness (QED) is 0.457. The predicted molar refractivity (Wildman–Crippen MR) is 82.6 cm³/mol. The van der Waals surface area contributed by atoms with Gasteiger partial charge in [0.1, 0.15) is 6.04 Å². The zero-order valence-corrected chi connectivity index (χ0v) is 13.1. The van der Waals surface area contributed by atoms with E-state index in [2.05, 4.69) is 20.6 Å². The molecule has 9 heteroatoms. The minimum atomic E-state index is -1.30. The van der Waals surface area contributed by atoms with Gasteiger partial charge in [-0.2, -0.15) is 0 Å². The van der Waals surface area contributed by atoms with Gasteiger partial charge in [-0.25, -0.2) is 14.8 Å². The minimum absolute atomic E-state index is 0.111. The molecule has 1 aromatic rings. The van der Waals surface area contributed by atoms with Crippen LogP contribution in [0.15, 0.2) is 6.07 Å². The highest BCUT2D eigenvalue weighted by molar-refractivity contribution is 5.88. The van der Waals surface area contributed by atoms with E-state index in [1.54, 1.807) is 0 Å². The SMILES string of the molecule is Cc1cc(C)nc(NCCCC(=O)NC(CC(N)=O)C(=O)O)n1. The minimum Gasteiger partial charge on any atom is -0.480 e. The van der Waals surface area contributed by atoms with Crippen LogP contribution in [0.2, 0.25) is 0 Å². The molecule has 0 aliphatic carbocycles. The van der Waals surface area contributed by atoms with Crippen molar-refractivity contribution in [1.29, 1.82) is 0 Å². The number of carbonyl (C=O) groups is 3. The highest BCUT2D eigenvalue weighted by Crippen LogP contribution is 2.04. The third-order valence-electron chi connectivity index (χ3n) is 2.88. The smallest absolute Gasteiger partial charge is 0.326 e. The van der Waals surface area contributed by atoms with Crippen LogP contribution in [0.3, 0.4) is 0 Å². The molecule has 2 amide bonds. The molecule has 0 saturated carbocycles. The highest BCUT2D eigenvalue weighted by atomic mass is 16.4. The highest BCUT2D eigenvalue weighted by Gasteiger charge is 2.21. The molecule has 0 aliphatic rings. The first-order chi connectivity index (χ1) is 10.8. The molecule has 23 heavy (non-hydrogen) atoms. The number of hydrogen-bond donors (Lipinski definition) is 4. The van der Waals surface area contributed by atoms with E-state index in [4.69, 9.17) is 10.8 Å². The Labute approximate surface area is 133 Å². The van der Waals surface area contributed by atoms with E-state index >= 15 is 0 Å². The molecule has 9 nitrogen and oxygen atoms in total. The summed E-state index contributed by atoms with van der Waals surface area (Å²) in [4.78, 5) is 41.7. The fraction of sp³-hybridized carbons (Fsp3) is 0.500. The van der Waals surface area contributed by atoms with Crippen LogP contribution in [-0.2, 0) is 14.4 Å². The van der Waals surface area contributed by atoms with Crippen LogP contribution in [0.4, 0.5) is 5.95 Å². The van der Waals surface area contributed by atoms with Gasteiger partial charge in [-0.15, -0.1) is 0 Å². The van der Waals surface area contributed by atoms with Crippen LogP contribution >= 0.6 is 0 Å². The van der Waals surface area contributed by atoms with Gasteiger partial charge in [0.2, 0.25) is 17.8 Å². The summed E-state index contributed by atoms with van der Waals surface area (Å²) in [7, 11) is 0. The Morgan fingerprint density at radius 3 is 2.39 bits per heavy atom. The van der Waals surface area contributed by atoms with Gasteiger partial charge in [0.25, 0.3) is 0 Å². The van der Waals surface area contributed by atoms with Crippen LogP contribution in [0.25, 0.3) is 0 Å². The van der Waals surface area contributed by atoms with Crippen LogP contribution < -0.4 is 16.4 Å². The first-order valence-corrected chi connectivity index (χ1v) is 7.14. The lowest BCUT2D eigenvalue weighted by Crippen LogP contribution is -2.43. The summed E-state index contributed by atoms with van der Waals surface area (Å²) < 4.78 is 0. The third kappa shape index (κ3) is 7.21. The summed E-state index contributed by atoms with van der Waals surface area (Å²) in [6.45, 7) is 4.18. The molecule has 0 spiro atoms. The van der Waals surface area contributed by atoms with E-state index in [9.17, 15) is 14.4 Å². The Hall–Kier alpha value is -2.71. The standard InChI is InChI=1S/C14H21N5O4/c1-8-6-9(2)18-14(17-8)16-5-3-4-12(21)19-10(13(22)23)7-11(15)20/h6,10H,3-5,7H2,1-2H3,(H2,15,20)(H,19,21)(H,22,23)(H,16,17,18). The number of carboxylic acids is 1. The number of rotatable bonds is 9. The first-order valence-electron chi connectivity index (χ1n) is 7.14. The average Bonchev–Trinajstić information content (AvgIpc) is 2.41. The lowest BCUT2D eigenvalue weighted by Gasteiger charge is -2.12. The molecule has 0 aromatic carbocycles. The van der Waals surface area contributed by atoms with Crippen molar-refractivity contribution in [2.24, 2.45) is 5.73 Å². The monoisotopic (exact) mass is 323 g/mol. The number of aryl methyl sites for hydroxylation is 2. The van der Waals surface area contributed by atoms with Crippen LogP contribution in [-0.4, -0.2) is 45.4 Å². The van der Waals surface area contributed by atoms with Crippen LogP contribution in [0, 0.1) is 13.8 Å². The number of aliphatic carboxylic acids is 1. The lowest BCUT2D eigenvalue weighted by atomic mass is 10.2. The molecule has 5 N–H and O–H groups in total. The second kappa shape index (κ2) is 8.66. The van der Waals surface area contributed by atoms with Crippen molar-refractivity contribution in [3.05, 3.63) is 17.5 Å². The van der Waals surface area contributed by atoms with E-state index in [0.717, 1.165) is 11.4 Å². The van der Waals surface area contributed by atoms with E-state index in [1.165, 1.54) is 0 Å². The van der Waals surface area contributed by atoms with Gasteiger partial charge in [0, 0.05) is 24.4 Å². The second-order valence-electron chi connectivity index (χ2n) is 5.13. The summed E-state index contributed by atoms with van der Waals surface area (Å²) >= 11 is 0. The molecule has 1 unspecified atom stereocenters. The molecule has 0 bridgehead atoms. The number of hydrogen-bond acceptors (Lipinski definition) is 6. The maximum Gasteiger partial charge on any atom is 0.326 e. The van der Waals surface area contributed by atoms with Crippen molar-refractivity contribution in [1.82, 2.24) is 15.3 Å². The maximum atomic E-state index is 11.7. The maximum absolute atomic E-state index is 11.7. The summed E-state index contributed by atoms with van der Waals surface area (Å²) in [5, 5.41) is 14.2. The van der Waals surface area contributed by atoms with Crippen molar-refractivity contribution in [3.8, 4) is 0 Å². The number of nitrogens with zero attached hydrogens (tertiary/aromatic N) is 2. The van der Waals surface area contributed by atoms with Gasteiger partial charge in [-0.05, 0) is 26.3 Å². The zero-order chi connectivity index (χ0) is 17.4. The summed E-state index contributed by atoms with van der Waals surface area (Å²) in [5.74, 6) is -2.05. The van der Waals surface area contributed by atoms with Crippen molar-refractivity contribution >= 4 is 23.7 Å². The molecular weight excluding hydrogens is 302 g/mol. The Balaban J connectivity index is 2.35. The van der Waals surface area contributed by atoms with Crippen molar-refractivity contribution in [3.63, 3.8) is 0 Å². The second-order valence-corrected chi connectivity index (χ2v) is 5.13. The number of carboxylic acid groups (broad SMARTS) is 1. The van der Waals surface area contributed by atoms with Crippen molar-refractivity contribution in [2.45, 2.75) is 39.2 Å². The largest absolute Gasteiger partial charge is 0.480 e. The first kappa shape index (κ1) is 18.3. The van der Waals surface area contributed by atoms with Gasteiger partial charge in [0.05, 0.1) is 6.42 Å². The number of aromatic nitrogens is 2. The topological polar surface area (TPSA) is 147 Å². The number of primary amides is 1.